The molecule has 1 aliphatic rings. The molecule has 0 aliphatic carbocycles. The molecule has 2 aromatic rings. The highest BCUT2D eigenvalue weighted by atomic mass is 16.1. The van der Waals surface area contributed by atoms with Crippen LogP contribution in [0.3, 0.4) is 0 Å². The third kappa shape index (κ3) is 4.93. The maximum Gasteiger partial charge on any atom is 0.221 e. The molecule has 0 radical (unpaired) electrons. The average Bonchev–Trinajstić information content (AvgIpc) is 3.11. The van der Waals surface area contributed by atoms with E-state index in [1.165, 1.54) is 17.5 Å². The summed E-state index contributed by atoms with van der Waals surface area (Å²) in [5.41, 5.74) is 2.69. The highest BCUT2D eigenvalue weighted by Crippen LogP contribution is 2.26. The molecule has 0 spiro atoms. The predicted molar refractivity (Wildman–Crippen MR) is 98.0 cm³/mol. The van der Waals surface area contributed by atoms with Crippen LogP contribution in [-0.4, -0.2) is 37.0 Å². The van der Waals surface area contributed by atoms with E-state index in [1.54, 1.807) is 0 Å². The van der Waals surface area contributed by atoms with Gasteiger partial charge >= 0.3 is 0 Å². The molecule has 3 rings (SSSR count). The summed E-state index contributed by atoms with van der Waals surface area (Å²) in [5.74, 6) is 0.779. The van der Waals surface area contributed by atoms with Crippen molar-refractivity contribution in [2.75, 3.05) is 26.2 Å². The topological polar surface area (TPSA) is 32.3 Å². The van der Waals surface area contributed by atoms with E-state index in [-0.39, 0.29) is 5.91 Å². The van der Waals surface area contributed by atoms with E-state index in [2.05, 4.69) is 52.7 Å². The highest BCUT2D eigenvalue weighted by molar-refractivity contribution is 5.76. The van der Waals surface area contributed by atoms with Crippen LogP contribution in [0.15, 0.2) is 60.7 Å². The van der Waals surface area contributed by atoms with Gasteiger partial charge < -0.3 is 10.2 Å². The van der Waals surface area contributed by atoms with Gasteiger partial charge in [0.1, 0.15) is 0 Å². The number of carbonyl (C=O) groups excluding carboxylic acids is 1. The first kappa shape index (κ1) is 16.7. The average molecular weight is 322 g/mol. The van der Waals surface area contributed by atoms with Crippen molar-refractivity contribution in [1.29, 1.82) is 0 Å². The molecule has 1 saturated heterocycles. The monoisotopic (exact) mass is 322 g/mol. The van der Waals surface area contributed by atoms with Crippen molar-refractivity contribution in [2.45, 2.75) is 25.2 Å². The molecule has 126 valence electrons. The van der Waals surface area contributed by atoms with Crippen LogP contribution >= 0.6 is 0 Å². The molecule has 2 aromatic carbocycles. The Bertz CT molecular complexity index is 627. The van der Waals surface area contributed by atoms with Crippen molar-refractivity contribution in [2.24, 2.45) is 0 Å². The van der Waals surface area contributed by atoms with E-state index in [1.807, 2.05) is 18.2 Å². The van der Waals surface area contributed by atoms with Gasteiger partial charge in [-0.1, -0.05) is 60.7 Å². The summed E-state index contributed by atoms with van der Waals surface area (Å²) in [5, 5.41) is 3.03. The van der Waals surface area contributed by atoms with Crippen molar-refractivity contribution in [3.05, 3.63) is 71.8 Å². The van der Waals surface area contributed by atoms with Gasteiger partial charge in [-0.05, 0) is 36.4 Å². The van der Waals surface area contributed by atoms with E-state index in [0.717, 1.165) is 32.6 Å². The van der Waals surface area contributed by atoms with Gasteiger partial charge in [-0.25, -0.2) is 0 Å². The van der Waals surface area contributed by atoms with Gasteiger partial charge in [-0.3, -0.25) is 4.79 Å². The number of nitrogens with zero attached hydrogens (tertiary/aromatic N) is 1. The Morgan fingerprint density at radius 1 is 1.04 bits per heavy atom. The summed E-state index contributed by atoms with van der Waals surface area (Å²) in [7, 11) is 0. The molecule has 1 aliphatic heterocycles. The predicted octanol–water partition coefficient (Wildman–Crippen LogP) is 3.22. The fraction of sp³-hybridized carbons (Fsp3) is 0.381. The molecule has 0 unspecified atom stereocenters. The second-order valence-corrected chi connectivity index (χ2v) is 6.53. The number of hydrogen-bond donors (Lipinski definition) is 1. The smallest absolute Gasteiger partial charge is 0.221 e. The Hall–Kier alpha value is -2.13. The molecule has 3 nitrogen and oxygen atoms in total. The highest BCUT2D eigenvalue weighted by Gasteiger charge is 2.23. The lowest BCUT2D eigenvalue weighted by molar-refractivity contribution is -0.121. The third-order valence-electron chi connectivity index (χ3n) is 4.78. The Morgan fingerprint density at radius 2 is 1.75 bits per heavy atom. The quantitative estimate of drug-likeness (QED) is 0.849. The number of nitrogens with one attached hydrogen (secondary N) is 1. The van der Waals surface area contributed by atoms with Crippen LogP contribution in [0.25, 0.3) is 0 Å². The van der Waals surface area contributed by atoms with Gasteiger partial charge in [-0.2, -0.15) is 0 Å². The van der Waals surface area contributed by atoms with Gasteiger partial charge in [0, 0.05) is 26.1 Å². The first-order valence-corrected chi connectivity index (χ1v) is 8.89. The van der Waals surface area contributed by atoms with Crippen LogP contribution in [0.4, 0.5) is 0 Å². The Labute approximate surface area is 144 Å². The Morgan fingerprint density at radius 3 is 2.50 bits per heavy atom. The zero-order chi connectivity index (χ0) is 16.6. The van der Waals surface area contributed by atoms with Gasteiger partial charge in [0.25, 0.3) is 0 Å². The number of rotatable bonds is 7. The van der Waals surface area contributed by atoms with Crippen LogP contribution in [0.2, 0.25) is 0 Å². The first-order valence-electron chi connectivity index (χ1n) is 8.89. The molecule has 1 N–H and O–H groups in total. The number of carbonyl (C=O) groups is 1. The van der Waals surface area contributed by atoms with Crippen molar-refractivity contribution < 1.29 is 4.79 Å². The fourth-order valence-electron chi connectivity index (χ4n) is 3.37. The van der Waals surface area contributed by atoms with Crippen molar-refractivity contribution in [3.8, 4) is 0 Å². The molecular formula is C21H26N2O. The second kappa shape index (κ2) is 8.65. The van der Waals surface area contributed by atoms with Crippen LogP contribution in [-0.2, 0) is 11.2 Å². The Kier molecular flexibility index (Phi) is 6.02. The lowest BCUT2D eigenvalue weighted by Gasteiger charge is -2.16. The largest absolute Gasteiger partial charge is 0.356 e. The maximum absolute atomic E-state index is 12.0. The molecule has 1 atom stereocenters. The van der Waals surface area contributed by atoms with Crippen LogP contribution in [0, 0.1) is 0 Å². The van der Waals surface area contributed by atoms with Crippen LogP contribution in [0.1, 0.15) is 29.9 Å². The van der Waals surface area contributed by atoms with E-state index >= 15 is 0 Å². The molecule has 1 amide bonds. The van der Waals surface area contributed by atoms with Crippen molar-refractivity contribution in [3.63, 3.8) is 0 Å². The van der Waals surface area contributed by atoms with E-state index in [9.17, 15) is 4.79 Å². The van der Waals surface area contributed by atoms with Gasteiger partial charge in [0.05, 0.1) is 0 Å². The zero-order valence-corrected chi connectivity index (χ0v) is 14.2. The van der Waals surface area contributed by atoms with E-state index < -0.39 is 0 Å². The van der Waals surface area contributed by atoms with E-state index in [4.69, 9.17) is 0 Å². The lowest BCUT2D eigenvalue weighted by Crippen LogP contribution is -2.30. The molecular weight excluding hydrogens is 296 g/mol. The molecule has 1 heterocycles. The summed E-state index contributed by atoms with van der Waals surface area (Å²) < 4.78 is 0. The van der Waals surface area contributed by atoms with Crippen molar-refractivity contribution >= 4 is 5.91 Å². The molecule has 1 fully saturated rings. The lowest BCUT2D eigenvalue weighted by atomic mass is 9.99. The fourth-order valence-corrected chi connectivity index (χ4v) is 3.37. The van der Waals surface area contributed by atoms with E-state index in [0.29, 0.717) is 12.3 Å². The normalized spacial score (nSPS) is 17.8. The minimum absolute atomic E-state index is 0.161. The number of hydrogen-bond acceptors (Lipinski definition) is 2. The van der Waals surface area contributed by atoms with Gasteiger partial charge in [-0.15, -0.1) is 0 Å². The van der Waals surface area contributed by atoms with Crippen molar-refractivity contribution in [1.82, 2.24) is 10.2 Å². The first-order chi connectivity index (χ1) is 11.8. The molecule has 24 heavy (non-hydrogen) atoms. The second-order valence-electron chi connectivity index (χ2n) is 6.53. The summed E-state index contributed by atoms with van der Waals surface area (Å²) in [6, 6.07) is 21.0. The molecule has 0 aromatic heterocycles. The minimum Gasteiger partial charge on any atom is -0.356 e. The standard InChI is InChI=1S/C21H26N2O/c24-21(22-14-11-18-7-3-1-4-8-18)13-16-23-15-12-20(17-23)19-9-5-2-6-10-19/h1-10,20H,11-17H2,(H,22,24)/t20-/m0/s1. The maximum atomic E-state index is 12.0. The SMILES string of the molecule is O=C(CCN1CC[C@H](c2ccccc2)C1)NCCc1ccccc1. The van der Waals surface area contributed by atoms with Crippen LogP contribution in [0.5, 0.6) is 0 Å². The summed E-state index contributed by atoms with van der Waals surface area (Å²) in [4.78, 5) is 14.4. The molecule has 0 saturated carbocycles. The summed E-state index contributed by atoms with van der Waals surface area (Å²) >= 11 is 0. The third-order valence-corrected chi connectivity index (χ3v) is 4.78. The van der Waals surface area contributed by atoms with Gasteiger partial charge in [0.15, 0.2) is 0 Å². The van der Waals surface area contributed by atoms with Crippen LogP contribution < -0.4 is 5.32 Å². The molecule has 3 heteroatoms. The number of likely N-dealkylation sites (tertiary alicyclic amines) is 1. The summed E-state index contributed by atoms with van der Waals surface area (Å²) in [6.07, 6.45) is 2.68. The number of amides is 1. The summed E-state index contributed by atoms with van der Waals surface area (Å²) in [6.45, 7) is 3.74. The molecule has 0 bridgehead atoms. The Balaban J connectivity index is 1.33. The van der Waals surface area contributed by atoms with Gasteiger partial charge in [0.2, 0.25) is 5.91 Å². The minimum atomic E-state index is 0.161. The zero-order valence-electron chi connectivity index (χ0n) is 14.2. The number of benzene rings is 2.